The molecule has 0 spiro atoms. The first-order valence-corrected chi connectivity index (χ1v) is 9.81. The van der Waals surface area contributed by atoms with E-state index in [2.05, 4.69) is 15.2 Å². The number of nitrogens with one attached hydrogen (secondary N) is 1. The lowest BCUT2D eigenvalue weighted by Gasteiger charge is -2.10. The summed E-state index contributed by atoms with van der Waals surface area (Å²) in [4.78, 5) is 16.1. The second-order valence-corrected chi connectivity index (χ2v) is 7.18. The Kier molecular flexibility index (Phi) is 6.79. The Labute approximate surface area is 176 Å². The molecule has 0 aliphatic heterocycles. The number of benzene rings is 2. The molecule has 150 valence electrons. The number of carboxylic acids is 1. The van der Waals surface area contributed by atoms with Crippen LogP contribution in [0.2, 0.25) is 5.02 Å². The molecule has 3 aromatic rings. The van der Waals surface area contributed by atoms with Crippen molar-refractivity contribution >= 4 is 35.4 Å². The third-order valence-corrected chi connectivity index (χ3v) is 4.91. The molecule has 7 nitrogen and oxygen atoms in total. The van der Waals surface area contributed by atoms with Gasteiger partial charge in [0.25, 0.3) is 0 Å². The second-order valence-electron chi connectivity index (χ2n) is 5.73. The molecule has 2 N–H and O–H groups in total. The van der Waals surface area contributed by atoms with Crippen LogP contribution in [0.4, 0.5) is 0 Å². The molecule has 1 aromatic heterocycles. The quantitative estimate of drug-likeness (QED) is 0.392. The molecule has 0 amide bonds. The zero-order valence-corrected chi connectivity index (χ0v) is 17.3. The number of aromatic nitrogens is 3. The Morgan fingerprint density at radius 3 is 2.66 bits per heavy atom. The minimum Gasteiger partial charge on any atom is -0.493 e. The van der Waals surface area contributed by atoms with Crippen molar-refractivity contribution in [2.45, 2.75) is 12.1 Å². The van der Waals surface area contributed by atoms with E-state index < -0.39 is 5.97 Å². The zero-order chi connectivity index (χ0) is 20.8. The van der Waals surface area contributed by atoms with Crippen LogP contribution in [0.25, 0.3) is 17.5 Å². The highest BCUT2D eigenvalue weighted by molar-refractivity contribution is 8.04. The summed E-state index contributed by atoms with van der Waals surface area (Å²) in [5.41, 5.74) is 1.45. The van der Waals surface area contributed by atoms with Gasteiger partial charge in [-0.15, -0.1) is 5.10 Å². The first kappa shape index (κ1) is 20.8. The number of carbonyl (C=O) groups is 1. The lowest BCUT2D eigenvalue weighted by Crippen LogP contribution is -1.98. The summed E-state index contributed by atoms with van der Waals surface area (Å²) in [5.74, 6) is 0.564. The summed E-state index contributed by atoms with van der Waals surface area (Å²) >= 11 is 6.84. The average Bonchev–Trinajstić information content (AvgIpc) is 3.17. The average molecular weight is 432 g/mol. The zero-order valence-electron chi connectivity index (χ0n) is 15.7. The van der Waals surface area contributed by atoms with Gasteiger partial charge in [0.15, 0.2) is 17.3 Å². The number of H-pyrrole nitrogens is 1. The summed E-state index contributed by atoms with van der Waals surface area (Å²) in [7, 11) is 1.53. The minimum absolute atomic E-state index is 0.0675. The van der Waals surface area contributed by atoms with Crippen LogP contribution in [0.3, 0.4) is 0 Å². The Bertz CT molecular complexity index is 1030. The van der Waals surface area contributed by atoms with Crippen LogP contribution in [-0.2, 0) is 4.79 Å². The number of carboxylic acid groups (broad SMARTS) is 1. The number of nitrogens with zero attached hydrogens (tertiary/aromatic N) is 2. The number of thioether (sulfide) groups is 1. The fourth-order valence-electron chi connectivity index (χ4n) is 2.46. The van der Waals surface area contributed by atoms with Gasteiger partial charge in [-0.25, -0.2) is 9.78 Å². The number of aromatic amines is 1. The molecule has 0 radical (unpaired) electrons. The van der Waals surface area contributed by atoms with Crippen molar-refractivity contribution in [2.24, 2.45) is 0 Å². The van der Waals surface area contributed by atoms with E-state index >= 15 is 0 Å². The van der Waals surface area contributed by atoms with Gasteiger partial charge >= 0.3 is 5.97 Å². The molecule has 0 aliphatic carbocycles. The van der Waals surface area contributed by atoms with Gasteiger partial charge in [-0.1, -0.05) is 17.7 Å². The minimum atomic E-state index is -1.08. The topological polar surface area (TPSA) is 97.3 Å². The van der Waals surface area contributed by atoms with Gasteiger partial charge in [0.2, 0.25) is 5.16 Å². The van der Waals surface area contributed by atoms with Gasteiger partial charge < -0.3 is 14.6 Å². The van der Waals surface area contributed by atoms with Crippen molar-refractivity contribution in [2.75, 3.05) is 13.7 Å². The van der Waals surface area contributed by atoms with Crippen LogP contribution in [0.15, 0.2) is 52.5 Å². The largest absolute Gasteiger partial charge is 0.493 e. The molecule has 0 saturated heterocycles. The van der Waals surface area contributed by atoms with Gasteiger partial charge in [-0.3, -0.25) is 5.10 Å². The summed E-state index contributed by atoms with van der Waals surface area (Å²) in [6, 6.07) is 12.3. The Balaban J connectivity index is 1.84. The number of aliphatic carboxylic acids is 1. The second kappa shape index (κ2) is 9.49. The molecule has 0 atom stereocenters. The molecule has 2 aromatic carbocycles. The van der Waals surface area contributed by atoms with Gasteiger partial charge in [-0.05, 0) is 66.7 Å². The standard InChI is InChI=1S/C20H18ClN3O4S/c1-3-28-15-9-4-12(10-16(15)27-2)11-17(19(25)26)29-20-22-18(23-24-20)13-5-7-14(21)8-6-13/h4-11H,3H2,1-2H3,(H,25,26)(H,22,23,24)/b17-11-. The van der Waals surface area contributed by atoms with E-state index in [9.17, 15) is 9.90 Å². The SMILES string of the molecule is CCOc1ccc(/C=C(\Sc2n[nH]c(-c3ccc(Cl)cc3)n2)C(=O)O)cc1OC. The first-order chi connectivity index (χ1) is 14.0. The van der Waals surface area contributed by atoms with Crippen molar-refractivity contribution in [3.8, 4) is 22.9 Å². The third-order valence-electron chi connectivity index (χ3n) is 3.78. The molecular formula is C20H18ClN3O4S. The molecule has 9 heteroatoms. The van der Waals surface area contributed by atoms with E-state index in [1.165, 1.54) is 13.2 Å². The van der Waals surface area contributed by atoms with Crippen LogP contribution < -0.4 is 9.47 Å². The molecule has 1 heterocycles. The number of ether oxygens (including phenoxy) is 2. The van der Waals surface area contributed by atoms with Crippen molar-refractivity contribution < 1.29 is 19.4 Å². The number of hydrogen-bond acceptors (Lipinski definition) is 6. The van der Waals surface area contributed by atoms with Gasteiger partial charge in [0.05, 0.1) is 13.7 Å². The maximum Gasteiger partial charge on any atom is 0.342 e. The molecule has 0 unspecified atom stereocenters. The van der Waals surface area contributed by atoms with E-state index in [4.69, 9.17) is 21.1 Å². The highest BCUT2D eigenvalue weighted by Gasteiger charge is 2.15. The maximum absolute atomic E-state index is 11.7. The number of hydrogen-bond donors (Lipinski definition) is 2. The monoisotopic (exact) mass is 431 g/mol. The predicted octanol–water partition coefficient (Wildman–Crippen LogP) is 4.75. The molecule has 0 saturated carbocycles. The Morgan fingerprint density at radius 2 is 2.00 bits per heavy atom. The van der Waals surface area contributed by atoms with Gasteiger partial charge in [0.1, 0.15) is 4.91 Å². The summed E-state index contributed by atoms with van der Waals surface area (Å²) in [6.45, 7) is 2.38. The molecule has 0 aliphatic rings. The molecule has 0 bridgehead atoms. The first-order valence-electron chi connectivity index (χ1n) is 8.62. The normalized spacial score (nSPS) is 11.3. The van der Waals surface area contributed by atoms with E-state index in [1.54, 1.807) is 42.5 Å². The lowest BCUT2D eigenvalue weighted by atomic mass is 10.2. The van der Waals surface area contributed by atoms with E-state index in [1.807, 2.05) is 6.92 Å². The molecule has 29 heavy (non-hydrogen) atoms. The van der Waals surface area contributed by atoms with Crippen molar-refractivity contribution in [1.82, 2.24) is 15.2 Å². The molecular weight excluding hydrogens is 414 g/mol. The van der Waals surface area contributed by atoms with Gasteiger partial charge in [-0.2, -0.15) is 0 Å². The third kappa shape index (κ3) is 5.30. The van der Waals surface area contributed by atoms with E-state index in [-0.39, 0.29) is 4.91 Å². The Morgan fingerprint density at radius 1 is 1.24 bits per heavy atom. The predicted molar refractivity (Wildman–Crippen MR) is 112 cm³/mol. The Hall–Kier alpha value is -2.97. The van der Waals surface area contributed by atoms with Gasteiger partial charge in [0, 0.05) is 10.6 Å². The number of methoxy groups -OCH3 is 1. The highest BCUT2D eigenvalue weighted by atomic mass is 35.5. The fourth-order valence-corrected chi connectivity index (χ4v) is 3.30. The van der Waals surface area contributed by atoms with Crippen molar-refractivity contribution in [3.63, 3.8) is 0 Å². The summed E-state index contributed by atoms with van der Waals surface area (Å²) in [6.07, 6.45) is 1.53. The lowest BCUT2D eigenvalue weighted by molar-refractivity contribution is -0.131. The van der Waals surface area contributed by atoms with Crippen LogP contribution in [0, 0.1) is 0 Å². The highest BCUT2D eigenvalue weighted by Crippen LogP contribution is 2.32. The smallest absolute Gasteiger partial charge is 0.342 e. The van der Waals surface area contributed by atoms with E-state index in [0.29, 0.717) is 39.7 Å². The van der Waals surface area contributed by atoms with Crippen LogP contribution in [0.5, 0.6) is 11.5 Å². The van der Waals surface area contributed by atoms with Crippen LogP contribution in [-0.4, -0.2) is 40.0 Å². The van der Waals surface area contributed by atoms with Crippen molar-refractivity contribution in [3.05, 3.63) is 58.0 Å². The van der Waals surface area contributed by atoms with Crippen LogP contribution >= 0.6 is 23.4 Å². The molecule has 0 fully saturated rings. The summed E-state index contributed by atoms with van der Waals surface area (Å²) < 4.78 is 10.8. The maximum atomic E-state index is 11.7. The fraction of sp³-hybridized carbons (Fsp3) is 0.150. The van der Waals surface area contributed by atoms with E-state index in [0.717, 1.165) is 17.3 Å². The summed E-state index contributed by atoms with van der Waals surface area (Å²) in [5, 5.41) is 17.4. The number of rotatable bonds is 8. The molecule has 3 rings (SSSR count). The van der Waals surface area contributed by atoms with Crippen molar-refractivity contribution in [1.29, 1.82) is 0 Å². The number of halogens is 1. The van der Waals surface area contributed by atoms with Crippen LogP contribution in [0.1, 0.15) is 12.5 Å².